The minimum Gasteiger partial charge on any atom is -0.463 e. The lowest BCUT2D eigenvalue weighted by atomic mass is 10.1. The summed E-state index contributed by atoms with van der Waals surface area (Å²) in [4.78, 5) is 31.6. The van der Waals surface area contributed by atoms with Gasteiger partial charge >= 0.3 is 0 Å². The molecule has 0 radical (unpaired) electrons. The molecular weight excluding hydrogens is 430 g/mol. The summed E-state index contributed by atoms with van der Waals surface area (Å²) in [6.07, 6.45) is 2.90. The van der Waals surface area contributed by atoms with E-state index < -0.39 is 0 Å². The SMILES string of the molecule is Cc1nn(C)c2nc(-c3ccco3)cc(C(=O)Nc3ccc(N4CCCC4=O)c(Cl)c3)c12. The average Bonchev–Trinajstić information content (AvgIpc) is 3.50. The van der Waals surface area contributed by atoms with Crippen molar-refractivity contribution >= 4 is 45.8 Å². The largest absolute Gasteiger partial charge is 0.463 e. The Morgan fingerprint density at radius 3 is 2.78 bits per heavy atom. The predicted octanol–water partition coefficient (Wildman–Crippen LogP) is 4.57. The summed E-state index contributed by atoms with van der Waals surface area (Å²) in [5.41, 5.74) is 3.44. The van der Waals surface area contributed by atoms with Gasteiger partial charge in [0.1, 0.15) is 5.69 Å². The van der Waals surface area contributed by atoms with Crippen LogP contribution in [0.5, 0.6) is 0 Å². The molecular formula is C23H20ClN5O3. The maximum atomic E-state index is 13.3. The van der Waals surface area contributed by atoms with Crippen LogP contribution in [-0.2, 0) is 11.8 Å². The third-order valence-electron chi connectivity index (χ3n) is 5.56. The van der Waals surface area contributed by atoms with Crippen molar-refractivity contribution in [3.05, 3.63) is 58.9 Å². The van der Waals surface area contributed by atoms with Crippen LogP contribution in [0.1, 0.15) is 28.9 Å². The number of pyridine rings is 1. The van der Waals surface area contributed by atoms with Crippen LogP contribution in [0.15, 0.2) is 47.1 Å². The van der Waals surface area contributed by atoms with E-state index in [4.69, 9.17) is 16.0 Å². The molecule has 0 unspecified atom stereocenters. The maximum absolute atomic E-state index is 13.3. The van der Waals surface area contributed by atoms with E-state index in [0.717, 1.165) is 6.42 Å². The van der Waals surface area contributed by atoms with E-state index in [1.807, 2.05) is 6.92 Å². The third-order valence-corrected chi connectivity index (χ3v) is 5.86. The van der Waals surface area contributed by atoms with Crippen LogP contribution in [0.3, 0.4) is 0 Å². The Balaban J connectivity index is 1.51. The molecule has 8 nitrogen and oxygen atoms in total. The molecule has 1 aliphatic heterocycles. The van der Waals surface area contributed by atoms with Gasteiger partial charge in [-0.1, -0.05) is 11.6 Å². The first-order valence-electron chi connectivity index (χ1n) is 10.2. The lowest BCUT2D eigenvalue weighted by molar-refractivity contribution is -0.117. The molecule has 1 aliphatic rings. The minimum atomic E-state index is -0.317. The van der Waals surface area contributed by atoms with E-state index in [2.05, 4.69) is 15.4 Å². The second-order valence-corrected chi connectivity index (χ2v) is 8.12. The van der Waals surface area contributed by atoms with Crippen LogP contribution in [0.25, 0.3) is 22.5 Å². The van der Waals surface area contributed by atoms with E-state index in [9.17, 15) is 9.59 Å². The molecule has 1 N–H and O–H groups in total. The molecule has 2 amide bonds. The number of nitrogens with one attached hydrogen (secondary N) is 1. The molecule has 0 atom stereocenters. The Hall–Kier alpha value is -3.65. The zero-order valence-electron chi connectivity index (χ0n) is 17.6. The van der Waals surface area contributed by atoms with Crippen molar-refractivity contribution in [3.8, 4) is 11.5 Å². The zero-order chi connectivity index (χ0) is 22.4. The molecule has 162 valence electrons. The molecule has 3 aromatic heterocycles. The van der Waals surface area contributed by atoms with Crippen molar-refractivity contribution in [2.24, 2.45) is 7.05 Å². The number of halogens is 1. The number of nitrogens with zero attached hydrogens (tertiary/aromatic N) is 4. The van der Waals surface area contributed by atoms with Crippen LogP contribution < -0.4 is 10.2 Å². The second kappa shape index (κ2) is 7.80. The van der Waals surface area contributed by atoms with E-state index in [0.29, 0.717) is 63.1 Å². The van der Waals surface area contributed by atoms with Crippen LogP contribution in [0, 0.1) is 6.92 Å². The molecule has 32 heavy (non-hydrogen) atoms. The Bertz CT molecular complexity index is 1360. The number of fused-ring (bicyclic) bond motifs is 1. The molecule has 0 aliphatic carbocycles. The number of rotatable bonds is 4. The highest BCUT2D eigenvalue weighted by molar-refractivity contribution is 6.34. The van der Waals surface area contributed by atoms with Gasteiger partial charge in [0.15, 0.2) is 11.4 Å². The lowest BCUT2D eigenvalue weighted by Gasteiger charge is -2.18. The van der Waals surface area contributed by atoms with Gasteiger partial charge in [0.05, 0.1) is 33.6 Å². The van der Waals surface area contributed by atoms with Crippen molar-refractivity contribution in [1.82, 2.24) is 14.8 Å². The van der Waals surface area contributed by atoms with E-state index in [-0.39, 0.29) is 11.8 Å². The quantitative estimate of drug-likeness (QED) is 0.492. The molecule has 1 saturated heterocycles. The van der Waals surface area contributed by atoms with E-state index >= 15 is 0 Å². The second-order valence-electron chi connectivity index (χ2n) is 7.71. The van der Waals surface area contributed by atoms with Gasteiger partial charge in [-0.15, -0.1) is 0 Å². The molecule has 4 aromatic rings. The van der Waals surface area contributed by atoms with Crippen molar-refractivity contribution in [3.63, 3.8) is 0 Å². The lowest BCUT2D eigenvalue weighted by Crippen LogP contribution is -2.24. The number of hydrogen-bond acceptors (Lipinski definition) is 5. The Morgan fingerprint density at radius 2 is 2.09 bits per heavy atom. The summed E-state index contributed by atoms with van der Waals surface area (Å²) in [6, 6.07) is 10.4. The van der Waals surface area contributed by atoms with Gasteiger partial charge in [0.2, 0.25) is 5.91 Å². The Morgan fingerprint density at radius 1 is 1.25 bits per heavy atom. The van der Waals surface area contributed by atoms with Gasteiger partial charge < -0.3 is 14.6 Å². The molecule has 0 bridgehead atoms. The van der Waals surface area contributed by atoms with Gasteiger partial charge in [-0.25, -0.2) is 4.98 Å². The molecule has 4 heterocycles. The highest BCUT2D eigenvalue weighted by Gasteiger charge is 2.24. The fourth-order valence-electron chi connectivity index (χ4n) is 4.08. The van der Waals surface area contributed by atoms with Gasteiger partial charge in [-0.05, 0) is 49.7 Å². The summed E-state index contributed by atoms with van der Waals surface area (Å²) >= 11 is 6.44. The minimum absolute atomic E-state index is 0.0559. The monoisotopic (exact) mass is 449 g/mol. The first kappa shape index (κ1) is 20.3. The van der Waals surface area contributed by atoms with Crippen LogP contribution in [0.2, 0.25) is 5.02 Å². The van der Waals surface area contributed by atoms with Crippen molar-refractivity contribution < 1.29 is 14.0 Å². The summed E-state index contributed by atoms with van der Waals surface area (Å²) < 4.78 is 7.13. The van der Waals surface area contributed by atoms with E-state index in [1.165, 1.54) is 0 Å². The van der Waals surface area contributed by atoms with Gasteiger partial charge in [-0.3, -0.25) is 14.3 Å². The summed E-state index contributed by atoms with van der Waals surface area (Å²) in [6.45, 7) is 2.49. The molecule has 1 aromatic carbocycles. The number of amides is 2. The molecule has 1 fully saturated rings. The van der Waals surface area contributed by atoms with Crippen molar-refractivity contribution in [2.45, 2.75) is 19.8 Å². The fraction of sp³-hybridized carbons (Fsp3) is 0.217. The standard InChI is InChI=1S/C23H20ClN5O3/c1-13-21-15(12-17(19-5-4-10-32-19)26-22(21)28(2)27-13)23(31)25-14-7-8-18(16(24)11-14)29-9-3-6-20(29)30/h4-5,7-8,10-12H,3,6,9H2,1-2H3,(H,25,31). The topological polar surface area (TPSA) is 93.3 Å². The normalized spacial score (nSPS) is 13.8. The average molecular weight is 450 g/mol. The van der Waals surface area contributed by atoms with Crippen LogP contribution in [-0.4, -0.2) is 33.1 Å². The van der Waals surface area contributed by atoms with E-state index in [1.54, 1.807) is 59.3 Å². The number of benzene rings is 1. The van der Waals surface area contributed by atoms with Crippen LogP contribution >= 0.6 is 11.6 Å². The summed E-state index contributed by atoms with van der Waals surface area (Å²) in [5.74, 6) is 0.297. The van der Waals surface area contributed by atoms with Gasteiger partial charge in [0.25, 0.3) is 5.91 Å². The zero-order valence-corrected chi connectivity index (χ0v) is 18.3. The van der Waals surface area contributed by atoms with Crippen molar-refractivity contribution in [2.75, 3.05) is 16.8 Å². The summed E-state index contributed by atoms with van der Waals surface area (Å²) in [7, 11) is 1.79. The third kappa shape index (κ3) is 3.42. The highest BCUT2D eigenvalue weighted by atomic mass is 35.5. The molecule has 5 rings (SSSR count). The highest BCUT2D eigenvalue weighted by Crippen LogP contribution is 2.33. The number of furan rings is 1. The van der Waals surface area contributed by atoms with Gasteiger partial charge in [-0.2, -0.15) is 5.10 Å². The number of aryl methyl sites for hydroxylation is 2. The number of aromatic nitrogens is 3. The predicted molar refractivity (Wildman–Crippen MR) is 122 cm³/mol. The first-order valence-corrected chi connectivity index (χ1v) is 10.6. The maximum Gasteiger partial charge on any atom is 0.256 e. The molecule has 9 heteroatoms. The van der Waals surface area contributed by atoms with Crippen molar-refractivity contribution in [1.29, 1.82) is 0 Å². The number of carbonyl (C=O) groups excluding carboxylic acids is 2. The Labute approximate surface area is 188 Å². The first-order chi connectivity index (χ1) is 15.4. The molecule has 0 saturated carbocycles. The Kier molecular flexibility index (Phi) is 4.94. The van der Waals surface area contributed by atoms with Crippen LogP contribution in [0.4, 0.5) is 11.4 Å². The smallest absolute Gasteiger partial charge is 0.256 e. The summed E-state index contributed by atoms with van der Waals surface area (Å²) in [5, 5.41) is 8.41. The number of anilines is 2. The van der Waals surface area contributed by atoms with Gasteiger partial charge in [0, 0.05) is 25.7 Å². The number of hydrogen-bond donors (Lipinski definition) is 1. The number of carbonyl (C=O) groups is 2. The fourth-order valence-corrected chi connectivity index (χ4v) is 4.36. The molecule has 0 spiro atoms.